The second kappa shape index (κ2) is 6.22. The number of nitrogens with two attached hydrogens (primary N) is 1. The number of nitrogens with one attached hydrogen (secondary N) is 1. The van der Waals surface area contributed by atoms with Gasteiger partial charge in [0.05, 0.1) is 6.26 Å². The summed E-state index contributed by atoms with van der Waals surface area (Å²) in [4.78, 5) is 0. The molecule has 0 saturated heterocycles. The van der Waals surface area contributed by atoms with E-state index in [0.717, 1.165) is 37.1 Å². The molecule has 0 bridgehead atoms. The number of hydrogen-bond donors (Lipinski definition) is 2. The first-order valence-corrected chi connectivity index (χ1v) is 6.75. The lowest BCUT2D eigenvalue weighted by atomic mass is 9.96. The molecule has 0 aliphatic heterocycles. The predicted molar refractivity (Wildman–Crippen MR) is 69.8 cm³/mol. The van der Waals surface area contributed by atoms with Crippen LogP contribution < -0.4 is 11.1 Å². The molecule has 0 spiro atoms. The molecule has 2 rings (SSSR count). The maximum Gasteiger partial charge on any atom is 0.105 e. The summed E-state index contributed by atoms with van der Waals surface area (Å²) in [5.74, 6) is 2.57. The minimum Gasteiger partial charge on any atom is -0.469 e. The third-order valence-corrected chi connectivity index (χ3v) is 3.94. The Labute approximate surface area is 104 Å². The molecule has 1 aliphatic carbocycles. The van der Waals surface area contributed by atoms with E-state index in [1.165, 1.54) is 19.3 Å². The summed E-state index contributed by atoms with van der Waals surface area (Å²) >= 11 is 0. The molecule has 3 heteroatoms. The summed E-state index contributed by atoms with van der Waals surface area (Å²) in [6.45, 7) is 4.16. The molecule has 17 heavy (non-hydrogen) atoms. The first kappa shape index (κ1) is 12.7. The third-order valence-electron chi connectivity index (χ3n) is 3.94. The molecule has 1 heterocycles. The van der Waals surface area contributed by atoms with Crippen LogP contribution >= 0.6 is 0 Å². The monoisotopic (exact) mass is 236 g/mol. The van der Waals surface area contributed by atoms with E-state index in [2.05, 4.69) is 12.2 Å². The van der Waals surface area contributed by atoms with E-state index in [4.69, 9.17) is 10.2 Å². The van der Waals surface area contributed by atoms with Gasteiger partial charge in [-0.3, -0.25) is 0 Å². The molecular formula is C14H24N2O. The molecule has 1 aliphatic rings. The van der Waals surface area contributed by atoms with Crippen LogP contribution in [0.2, 0.25) is 0 Å². The summed E-state index contributed by atoms with van der Waals surface area (Å²) in [5, 5.41) is 3.61. The second-order valence-corrected chi connectivity index (χ2v) is 5.28. The molecule has 3 N–H and O–H groups in total. The van der Waals surface area contributed by atoms with Gasteiger partial charge in [0.25, 0.3) is 0 Å². The van der Waals surface area contributed by atoms with Crippen molar-refractivity contribution in [2.75, 3.05) is 13.1 Å². The summed E-state index contributed by atoms with van der Waals surface area (Å²) < 4.78 is 5.36. The molecule has 0 radical (unpaired) electrons. The Hall–Kier alpha value is -0.800. The highest BCUT2D eigenvalue weighted by molar-refractivity contribution is 5.00. The third kappa shape index (κ3) is 3.58. The van der Waals surface area contributed by atoms with E-state index in [1.54, 1.807) is 6.26 Å². The fourth-order valence-corrected chi connectivity index (χ4v) is 2.85. The molecule has 1 aromatic rings. The first-order valence-electron chi connectivity index (χ1n) is 6.75. The zero-order chi connectivity index (χ0) is 12.1. The average molecular weight is 236 g/mol. The van der Waals surface area contributed by atoms with Crippen LogP contribution in [0.25, 0.3) is 0 Å². The Balaban J connectivity index is 1.70. The minimum absolute atomic E-state index is 0.472. The first-order chi connectivity index (χ1) is 8.29. The molecule has 1 aromatic heterocycles. The SMILES string of the molecule is CC(Cc1ccco1)NCC1CCCC1CN. The van der Waals surface area contributed by atoms with Gasteiger partial charge in [0.2, 0.25) is 0 Å². The summed E-state index contributed by atoms with van der Waals surface area (Å²) in [6, 6.07) is 4.46. The Kier molecular flexibility index (Phi) is 4.63. The van der Waals surface area contributed by atoms with Crippen molar-refractivity contribution < 1.29 is 4.42 Å². The molecule has 1 fully saturated rings. The smallest absolute Gasteiger partial charge is 0.105 e. The maximum atomic E-state index is 5.80. The molecule has 3 atom stereocenters. The lowest BCUT2D eigenvalue weighted by molar-refractivity contribution is 0.351. The molecule has 0 amide bonds. The van der Waals surface area contributed by atoms with Gasteiger partial charge in [0, 0.05) is 12.5 Å². The predicted octanol–water partition coefficient (Wildman–Crippen LogP) is 2.18. The molecule has 96 valence electrons. The van der Waals surface area contributed by atoms with Gasteiger partial charge in [0.1, 0.15) is 5.76 Å². The molecule has 3 unspecified atom stereocenters. The van der Waals surface area contributed by atoms with Crippen LogP contribution in [0.5, 0.6) is 0 Å². The standard InChI is InChI=1S/C14H24N2O/c1-11(8-14-6-3-7-17-14)16-10-13-5-2-4-12(13)9-15/h3,6-7,11-13,16H,2,4-5,8-10,15H2,1H3. The van der Waals surface area contributed by atoms with Crippen molar-refractivity contribution in [3.05, 3.63) is 24.2 Å². The Morgan fingerprint density at radius 3 is 3.00 bits per heavy atom. The van der Waals surface area contributed by atoms with Gasteiger partial charge in [-0.15, -0.1) is 0 Å². The summed E-state index contributed by atoms with van der Waals surface area (Å²) in [6.07, 6.45) is 6.70. The van der Waals surface area contributed by atoms with Crippen LogP contribution in [-0.4, -0.2) is 19.1 Å². The van der Waals surface area contributed by atoms with Gasteiger partial charge in [-0.2, -0.15) is 0 Å². The van der Waals surface area contributed by atoms with Gasteiger partial charge < -0.3 is 15.5 Å². The zero-order valence-electron chi connectivity index (χ0n) is 10.7. The number of rotatable bonds is 6. The molecular weight excluding hydrogens is 212 g/mol. The van der Waals surface area contributed by atoms with Crippen LogP contribution in [-0.2, 0) is 6.42 Å². The van der Waals surface area contributed by atoms with Crippen LogP contribution in [0, 0.1) is 11.8 Å². The van der Waals surface area contributed by atoms with Crippen molar-refractivity contribution in [2.24, 2.45) is 17.6 Å². The van der Waals surface area contributed by atoms with E-state index in [0.29, 0.717) is 6.04 Å². The van der Waals surface area contributed by atoms with Gasteiger partial charge >= 0.3 is 0 Å². The van der Waals surface area contributed by atoms with Gasteiger partial charge in [-0.1, -0.05) is 6.42 Å². The van der Waals surface area contributed by atoms with E-state index in [9.17, 15) is 0 Å². The molecule has 3 nitrogen and oxygen atoms in total. The number of hydrogen-bond acceptors (Lipinski definition) is 3. The molecule has 0 aromatic carbocycles. The average Bonchev–Trinajstić information content (AvgIpc) is 2.96. The van der Waals surface area contributed by atoms with Gasteiger partial charge in [-0.05, 0) is 56.8 Å². The van der Waals surface area contributed by atoms with E-state index in [1.807, 2.05) is 12.1 Å². The Morgan fingerprint density at radius 2 is 2.29 bits per heavy atom. The highest BCUT2D eigenvalue weighted by Crippen LogP contribution is 2.30. The number of furan rings is 1. The Morgan fingerprint density at radius 1 is 1.47 bits per heavy atom. The van der Waals surface area contributed by atoms with Crippen molar-refractivity contribution in [1.82, 2.24) is 5.32 Å². The fraction of sp³-hybridized carbons (Fsp3) is 0.714. The van der Waals surface area contributed by atoms with E-state index in [-0.39, 0.29) is 0 Å². The van der Waals surface area contributed by atoms with Crippen molar-refractivity contribution in [1.29, 1.82) is 0 Å². The van der Waals surface area contributed by atoms with E-state index >= 15 is 0 Å². The second-order valence-electron chi connectivity index (χ2n) is 5.28. The quantitative estimate of drug-likeness (QED) is 0.796. The van der Waals surface area contributed by atoms with Crippen molar-refractivity contribution in [3.63, 3.8) is 0 Å². The lowest BCUT2D eigenvalue weighted by Crippen LogP contribution is -2.35. The Bertz CT molecular complexity index is 310. The fourth-order valence-electron chi connectivity index (χ4n) is 2.85. The van der Waals surface area contributed by atoms with Gasteiger partial charge in [0.15, 0.2) is 0 Å². The van der Waals surface area contributed by atoms with Crippen LogP contribution in [0.3, 0.4) is 0 Å². The van der Waals surface area contributed by atoms with Crippen LogP contribution in [0.1, 0.15) is 31.9 Å². The minimum atomic E-state index is 0.472. The van der Waals surface area contributed by atoms with E-state index < -0.39 is 0 Å². The largest absolute Gasteiger partial charge is 0.469 e. The highest BCUT2D eigenvalue weighted by atomic mass is 16.3. The van der Waals surface area contributed by atoms with Crippen LogP contribution in [0.15, 0.2) is 22.8 Å². The normalized spacial score (nSPS) is 26.2. The maximum absolute atomic E-state index is 5.80. The topological polar surface area (TPSA) is 51.2 Å². The summed E-state index contributed by atoms with van der Waals surface area (Å²) in [7, 11) is 0. The summed E-state index contributed by atoms with van der Waals surface area (Å²) in [5.41, 5.74) is 5.80. The van der Waals surface area contributed by atoms with Crippen LogP contribution in [0.4, 0.5) is 0 Å². The van der Waals surface area contributed by atoms with Gasteiger partial charge in [-0.25, -0.2) is 0 Å². The van der Waals surface area contributed by atoms with Crippen molar-refractivity contribution >= 4 is 0 Å². The zero-order valence-corrected chi connectivity index (χ0v) is 10.7. The van der Waals surface area contributed by atoms with Crippen molar-refractivity contribution in [3.8, 4) is 0 Å². The lowest BCUT2D eigenvalue weighted by Gasteiger charge is -2.21. The highest BCUT2D eigenvalue weighted by Gasteiger charge is 2.25. The van der Waals surface area contributed by atoms with Crippen molar-refractivity contribution in [2.45, 2.75) is 38.6 Å². The molecule has 1 saturated carbocycles.